The quantitative estimate of drug-likeness (QED) is 0.611. The molecule has 6 heteroatoms. The summed E-state index contributed by atoms with van der Waals surface area (Å²) in [7, 11) is 0. The molecule has 2 amide bonds. The van der Waals surface area contributed by atoms with Crippen molar-refractivity contribution in [3.8, 4) is 0 Å². The van der Waals surface area contributed by atoms with Crippen molar-refractivity contribution in [1.29, 1.82) is 0 Å². The van der Waals surface area contributed by atoms with Gasteiger partial charge in [-0.1, -0.05) is 45.0 Å². The highest BCUT2D eigenvalue weighted by Crippen LogP contribution is 2.38. The number of thiophene rings is 1. The summed E-state index contributed by atoms with van der Waals surface area (Å²) in [5.74, 6) is 0.424. The number of hydrogen-bond donors (Lipinski definition) is 0. The van der Waals surface area contributed by atoms with Crippen LogP contribution in [0.3, 0.4) is 0 Å². The Morgan fingerprint density at radius 2 is 1.65 bits per heavy atom. The van der Waals surface area contributed by atoms with Crippen LogP contribution in [0.5, 0.6) is 0 Å². The van der Waals surface area contributed by atoms with Crippen molar-refractivity contribution in [2.75, 3.05) is 39.3 Å². The van der Waals surface area contributed by atoms with E-state index in [1.807, 2.05) is 21.1 Å². The third-order valence-electron chi connectivity index (χ3n) is 7.04. The Balaban J connectivity index is 1.38. The van der Waals surface area contributed by atoms with Crippen molar-refractivity contribution in [2.45, 2.75) is 59.4 Å². The molecular weight excluding hydrogens is 442 g/mol. The van der Waals surface area contributed by atoms with Gasteiger partial charge in [0.2, 0.25) is 11.8 Å². The zero-order valence-electron chi connectivity index (χ0n) is 21.2. The van der Waals surface area contributed by atoms with Gasteiger partial charge in [-0.25, -0.2) is 0 Å². The third-order valence-corrected chi connectivity index (χ3v) is 8.04. The van der Waals surface area contributed by atoms with Crippen LogP contribution < -0.4 is 0 Å². The zero-order valence-corrected chi connectivity index (χ0v) is 22.0. The van der Waals surface area contributed by atoms with E-state index in [1.165, 1.54) is 21.6 Å². The highest BCUT2D eigenvalue weighted by Gasteiger charge is 2.31. The minimum absolute atomic E-state index is 0.0106. The van der Waals surface area contributed by atoms with Gasteiger partial charge in [0.25, 0.3) is 0 Å². The van der Waals surface area contributed by atoms with Gasteiger partial charge in [0.05, 0.1) is 6.04 Å². The van der Waals surface area contributed by atoms with E-state index in [9.17, 15) is 9.59 Å². The van der Waals surface area contributed by atoms with Crippen molar-refractivity contribution < 1.29 is 9.59 Å². The van der Waals surface area contributed by atoms with Gasteiger partial charge in [-0.2, -0.15) is 0 Å². The molecule has 0 N–H and O–H groups in total. The predicted molar refractivity (Wildman–Crippen MR) is 139 cm³/mol. The fraction of sp³-hybridized carbons (Fsp3) is 0.571. The van der Waals surface area contributed by atoms with Gasteiger partial charge in [-0.15, -0.1) is 11.3 Å². The fourth-order valence-electron chi connectivity index (χ4n) is 5.25. The number of hydrogen-bond acceptors (Lipinski definition) is 4. The Morgan fingerprint density at radius 3 is 2.35 bits per heavy atom. The molecule has 0 unspecified atom stereocenters. The second kappa shape index (κ2) is 10.6. The highest BCUT2D eigenvalue weighted by molar-refractivity contribution is 7.10. The summed E-state index contributed by atoms with van der Waals surface area (Å²) in [6, 6.07) is 11.1. The van der Waals surface area contributed by atoms with Gasteiger partial charge in [0.15, 0.2) is 0 Å². The second-order valence-corrected chi connectivity index (χ2v) is 11.9. The summed E-state index contributed by atoms with van der Waals surface area (Å²) in [6.07, 6.45) is 2.99. The molecule has 0 saturated carbocycles. The summed E-state index contributed by atoms with van der Waals surface area (Å²) < 4.78 is 0. The molecule has 34 heavy (non-hydrogen) atoms. The first-order valence-corrected chi connectivity index (χ1v) is 13.5. The van der Waals surface area contributed by atoms with Crippen molar-refractivity contribution in [3.63, 3.8) is 0 Å². The van der Waals surface area contributed by atoms with E-state index < -0.39 is 0 Å². The maximum Gasteiger partial charge on any atom is 0.223 e. The van der Waals surface area contributed by atoms with Gasteiger partial charge in [-0.05, 0) is 53.3 Å². The van der Waals surface area contributed by atoms with E-state index in [-0.39, 0.29) is 23.3 Å². The number of rotatable bonds is 5. The first-order chi connectivity index (χ1) is 16.2. The summed E-state index contributed by atoms with van der Waals surface area (Å²) >= 11 is 1.85. The molecule has 3 heterocycles. The predicted octanol–water partition coefficient (Wildman–Crippen LogP) is 4.89. The Bertz CT molecular complexity index is 1010. The number of carbonyl (C=O) groups is 2. The van der Waals surface area contributed by atoms with Crippen LogP contribution in [0.2, 0.25) is 0 Å². The number of amides is 2. The SMILES string of the molecule is Cc1ccccc1[C@H]1c2ccsc2CCN1CCC(=O)N1CCCN(C(=O)CC(C)(C)C)CC1. The Labute approximate surface area is 208 Å². The van der Waals surface area contributed by atoms with E-state index in [0.29, 0.717) is 25.9 Å². The van der Waals surface area contributed by atoms with Crippen LogP contribution in [0.25, 0.3) is 0 Å². The Morgan fingerprint density at radius 1 is 0.941 bits per heavy atom. The topological polar surface area (TPSA) is 43.9 Å². The summed E-state index contributed by atoms with van der Waals surface area (Å²) in [6.45, 7) is 13.0. The molecule has 2 aliphatic rings. The van der Waals surface area contributed by atoms with Crippen LogP contribution in [0, 0.1) is 12.3 Å². The largest absolute Gasteiger partial charge is 0.341 e. The van der Waals surface area contributed by atoms with Crippen LogP contribution in [0.1, 0.15) is 67.6 Å². The molecule has 2 aromatic rings. The van der Waals surface area contributed by atoms with Gasteiger partial charge < -0.3 is 9.80 Å². The molecular formula is C28H39N3O2S. The lowest BCUT2D eigenvalue weighted by Crippen LogP contribution is -2.41. The van der Waals surface area contributed by atoms with Crippen LogP contribution >= 0.6 is 11.3 Å². The number of fused-ring (bicyclic) bond motifs is 1. The van der Waals surface area contributed by atoms with Crippen molar-refractivity contribution in [3.05, 3.63) is 57.3 Å². The minimum atomic E-state index is -0.0106. The van der Waals surface area contributed by atoms with Crippen LogP contribution in [0.15, 0.2) is 35.7 Å². The molecule has 1 atom stereocenters. The Hall–Kier alpha value is -2.18. The second-order valence-electron chi connectivity index (χ2n) is 10.9. The maximum atomic E-state index is 13.2. The fourth-order valence-corrected chi connectivity index (χ4v) is 6.15. The number of benzene rings is 1. The molecule has 2 aliphatic heterocycles. The number of nitrogens with zero attached hydrogens (tertiary/aromatic N) is 3. The first-order valence-electron chi connectivity index (χ1n) is 12.6. The standard InChI is InChI=1S/C28H39N3O2S/c1-21-8-5-6-9-22(21)27-23-12-19-34-24(23)10-15-31(27)16-11-25(32)29-13-7-14-30(18-17-29)26(33)20-28(2,3)4/h5-6,8-9,12,19,27H,7,10-11,13-18,20H2,1-4H3/t27-/m0/s1. The average molecular weight is 482 g/mol. The molecule has 1 saturated heterocycles. The van der Waals surface area contributed by atoms with Crippen LogP contribution in [-0.4, -0.2) is 65.8 Å². The van der Waals surface area contributed by atoms with Crippen molar-refractivity contribution in [1.82, 2.24) is 14.7 Å². The van der Waals surface area contributed by atoms with Crippen molar-refractivity contribution >= 4 is 23.2 Å². The minimum Gasteiger partial charge on any atom is -0.341 e. The van der Waals surface area contributed by atoms with Crippen molar-refractivity contribution in [2.24, 2.45) is 5.41 Å². The van der Waals surface area contributed by atoms with E-state index >= 15 is 0 Å². The molecule has 5 nitrogen and oxygen atoms in total. The van der Waals surface area contributed by atoms with Crippen LogP contribution in [-0.2, 0) is 16.0 Å². The Kier molecular flexibility index (Phi) is 7.78. The van der Waals surface area contributed by atoms with E-state index in [4.69, 9.17) is 0 Å². The summed E-state index contributed by atoms with van der Waals surface area (Å²) in [5, 5.41) is 2.20. The monoisotopic (exact) mass is 481 g/mol. The van der Waals surface area contributed by atoms with Gasteiger partial charge in [-0.3, -0.25) is 14.5 Å². The third kappa shape index (κ3) is 5.89. The average Bonchev–Trinajstić information content (AvgIpc) is 3.12. The lowest BCUT2D eigenvalue weighted by atomic mass is 9.90. The van der Waals surface area contributed by atoms with Gasteiger partial charge in [0, 0.05) is 57.0 Å². The summed E-state index contributed by atoms with van der Waals surface area (Å²) in [5.41, 5.74) is 4.04. The zero-order chi connectivity index (χ0) is 24.3. The molecule has 0 radical (unpaired) electrons. The molecule has 1 fully saturated rings. The lowest BCUT2D eigenvalue weighted by Gasteiger charge is -2.37. The van der Waals surface area contributed by atoms with E-state index in [0.717, 1.165) is 39.0 Å². The molecule has 1 aromatic heterocycles. The molecule has 1 aromatic carbocycles. The normalized spacial score (nSPS) is 19.6. The maximum absolute atomic E-state index is 13.2. The molecule has 0 aliphatic carbocycles. The van der Waals surface area contributed by atoms with Crippen LogP contribution in [0.4, 0.5) is 0 Å². The number of carbonyl (C=O) groups excluding carboxylic acids is 2. The molecule has 0 bridgehead atoms. The highest BCUT2D eigenvalue weighted by atomic mass is 32.1. The van der Waals surface area contributed by atoms with E-state index in [2.05, 4.69) is 68.3 Å². The van der Waals surface area contributed by atoms with E-state index in [1.54, 1.807) is 0 Å². The smallest absolute Gasteiger partial charge is 0.223 e. The molecule has 0 spiro atoms. The molecule has 4 rings (SSSR count). The molecule has 184 valence electrons. The van der Waals surface area contributed by atoms with Gasteiger partial charge in [0.1, 0.15) is 0 Å². The number of aryl methyl sites for hydroxylation is 1. The first kappa shape index (κ1) is 24.9. The summed E-state index contributed by atoms with van der Waals surface area (Å²) in [4.78, 5) is 33.8. The van der Waals surface area contributed by atoms with Gasteiger partial charge >= 0.3 is 0 Å². The lowest BCUT2D eigenvalue weighted by molar-refractivity contribution is -0.134.